The van der Waals surface area contributed by atoms with Gasteiger partial charge in [-0.2, -0.15) is 0 Å². The van der Waals surface area contributed by atoms with Gasteiger partial charge in [0.25, 0.3) is 0 Å². The zero-order valence-electron chi connectivity index (χ0n) is 11.7. The lowest BCUT2D eigenvalue weighted by Gasteiger charge is -2.35. The number of hydrogen-bond acceptors (Lipinski definition) is 2. The van der Waals surface area contributed by atoms with Gasteiger partial charge >= 0.3 is 0 Å². The van der Waals surface area contributed by atoms with Crippen LogP contribution in [0.1, 0.15) is 23.7 Å². The normalized spacial score (nSPS) is 15.3. The van der Waals surface area contributed by atoms with Crippen LogP contribution >= 0.6 is 0 Å². The smallest absolute Gasteiger partial charge is 0.123 e. The Morgan fingerprint density at radius 3 is 2.15 bits per heavy atom. The molecule has 2 heteroatoms. The fourth-order valence-electron chi connectivity index (χ4n) is 2.56. The maximum atomic E-state index is 11.2. The highest BCUT2D eigenvalue weighted by atomic mass is 16.5. The van der Waals surface area contributed by atoms with Gasteiger partial charge in [-0.3, -0.25) is 0 Å². The van der Waals surface area contributed by atoms with Gasteiger partial charge in [-0.25, -0.2) is 0 Å². The van der Waals surface area contributed by atoms with Crippen LogP contribution in [-0.4, -0.2) is 12.2 Å². The minimum Gasteiger partial charge on any atom is -0.382 e. The van der Waals surface area contributed by atoms with E-state index in [0.717, 1.165) is 11.1 Å². The summed E-state index contributed by atoms with van der Waals surface area (Å²) in [5.41, 5.74) is 0.651. The minimum atomic E-state index is -1.13. The Kier molecular flexibility index (Phi) is 4.72. The van der Waals surface area contributed by atoms with Gasteiger partial charge in [-0.1, -0.05) is 66.7 Å². The Hall–Kier alpha value is -1.90. The second-order valence-electron chi connectivity index (χ2n) is 4.81. The average Bonchev–Trinajstić information content (AvgIpc) is 2.50. The highest BCUT2D eigenvalue weighted by Crippen LogP contribution is 2.40. The Balaban J connectivity index is 2.48. The molecule has 0 aliphatic heterocycles. The van der Waals surface area contributed by atoms with Crippen molar-refractivity contribution < 1.29 is 9.84 Å². The molecule has 2 nitrogen and oxygen atoms in total. The van der Waals surface area contributed by atoms with Gasteiger partial charge in [0.15, 0.2) is 0 Å². The molecule has 104 valence electrons. The lowest BCUT2D eigenvalue weighted by atomic mass is 9.82. The maximum Gasteiger partial charge on any atom is 0.123 e. The molecule has 2 rings (SSSR count). The molecule has 0 aromatic heterocycles. The van der Waals surface area contributed by atoms with E-state index in [1.165, 1.54) is 0 Å². The van der Waals surface area contributed by atoms with E-state index in [1.54, 1.807) is 13.2 Å². The molecule has 2 aromatic rings. The molecule has 0 spiro atoms. The Morgan fingerprint density at radius 1 is 1.10 bits per heavy atom. The molecule has 0 radical (unpaired) electrons. The Morgan fingerprint density at radius 2 is 1.65 bits per heavy atom. The number of hydrogen-bond donors (Lipinski definition) is 1. The van der Waals surface area contributed by atoms with Crippen molar-refractivity contribution in [3.05, 3.63) is 84.4 Å². The Bertz CT molecular complexity index is 536. The molecular weight excluding hydrogens is 248 g/mol. The van der Waals surface area contributed by atoms with Crippen LogP contribution in [0.25, 0.3) is 0 Å². The fourth-order valence-corrected chi connectivity index (χ4v) is 2.56. The minimum absolute atomic E-state index is 0.421. The highest BCUT2D eigenvalue weighted by molar-refractivity contribution is 5.30. The van der Waals surface area contributed by atoms with Gasteiger partial charge < -0.3 is 9.84 Å². The van der Waals surface area contributed by atoms with Crippen molar-refractivity contribution in [1.29, 1.82) is 0 Å². The quantitative estimate of drug-likeness (QED) is 0.807. The molecule has 0 saturated heterocycles. The monoisotopic (exact) mass is 268 g/mol. The number of methoxy groups -OCH3 is 1. The molecule has 0 aliphatic rings. The molecule has 1 N–H and O–H groups in total. The van der Waals surface area contributed by atoms with Gasteiger partial charge in [-0.15, -0.1) is 6.58 Å². The summed E-state index contributed by atoms with van der Waals surface area (Å²) in [5.74, 6) is 0. The van der Waals surface area contributed by atoms with Gasteiger partial charge in [0.2, 0.25) is 0 Å². The molecule has 0 aliphatic carbocycles. The van der Waals surface area contributed by atoms with Crippen molar-refractivity contribution in [2.45, 2.75) is 18.1 Å². The van der Waals surface area contributed by atoms with E-state index in [9.17, 15) is 5.11 Å². The first-order valence-electron chi connectivity index (χ1n) is 6.69. The molecule has 0 saturated carbocycles. The molecule has 2 aromatic carbocycles. The summed E-state index contributed by atoms with van der Waals surface area (Å²) < 4.78 is 5.61. The third-order valence-electron chi connectivity index (χ3n) is 3.50. The molecule has 2 atom stereocenters. The number of ether oxygens (including phenoxy) is 1. The number of benzene rings is 2. The highest BCUT2D eigenvalue weighted by Gasteiger charge is 2.38. The summed E-state index contributed by atoms with van der Waals surface area (Å²) in [6.07, 6.45) is 1.70. The van der Waals surface area contributed by atoms with Crippen LogP contribution in [0.3, 0.4) is 0 Å². The number of rotatable bonds is 6. The third-order valence-corrected chi connectivity index (χ3v) is 3.50. The molecule has 0 bridgehead atoms. The molecule has 0 unspecified atom stereocenters. The van der Waals surface area contributed by atoms with Gasteiger partial charge in [0.1, 0.15) is 11.7 Å². The van der Waals surface area contributed by atoms with Crippen LogP contribution in [0.2, 0.25) is 0 Å². The lowest BCUT2D eigenvalue weighted by Crippen LogP contribution is -2.34. The van der Waals surface area contributed by atoms with Crippen LogP contribution in [0, 0.1) is 0 Å². The van der Waals surface area contributed by atoms with E-state index in [-0.39, 0.29) is 0 Å². The summed E-state index contributed by atoms with van der Waals surface area (Å²) in [5, 5.41) is 11.2. The van der Waals surface area contributed by atoms with Crippen molar-refractivity contribution in [2.75, 3.05) is 7.11 Å². The summed E-state index contributed by atoms with van der Waals surface area (Å²) in [7, 11) is 1.62. The molecular formula is C18H20O2. The lowest BCUT2D eigenvalue weighted by molar-refractivity contribution is -0.100. The van der Waals surface area contributed by atoms with E-state index in [1.807, 2.05) is 60.7 Å². The van der Waals surface area contributed by atoms with Gasteiger partial charge in [0, 0.05) is 13.5 Å². The van der Waals surface area contributed by atoms with Crippen LogP contribution in [0.5, 0.6) is 0 Å². The second-order valence-corrected chi connectivity index (χ2v) is 4.81. The third kappa shape index (κ3) is 2.82. The largest absolute Gasteiger partial charge is 0.382 e. The average molecular weight is 268 g/mol. The van der Waals surface area contributed by atoms with Crippen LogP contribution in [0.4, 0.5) is 0 Å². The molecule has 20 heavy (non-hydrogen) atoms. The van der Waals surface area contributed by atoms with Crippen LogP contribution < -0.4 is 0 Å². The van der Waals surface area contributed by atoms with Crippen molar-refractivity contribution in [3.8, 4) is 0 Å². The zero-order chi connectivity index (χ0) is 14.4. The van der Waals surface area contributed by atoms with E-state index < -0.39 is 11.7 Å². The molecule has 0 heterocycles. The van der Waals surface area contributed by atoms with Gasteiger partial charge in [0.05, 0.1) is 0 Å². The second kappa shape index (κ2) is 6.51. The zero-order valence-corrected chi connectivity index (χ0v) is 11.7. The summed E-state index contributed by atoms with van der Waals surface area (Å²) in [4.78, 5) is 0. The first-order chi connectivity index (χ1) is 9.72. The topological polar surface area (TPSA) is 29.5 Å². The van der Waals surface area contributed by atoms with Gasteiger partial charge in [-0.05, 0) is 11.1 Å². The van der Waals surface area contributed by atoms with Crippen LogP contribution in [0.15, 0.2) is 73.3 Å². The standard InChI is InChI=1S/C18H20O2/c1-3-14-18(19,16-12-8-5-9-13-16)17(20-2)15-10-6-4-7-11-15/h3-13,17,19H,1,14H2,2H3/t17-,18-/m1/s1. The van der Waals surface area contributed by atoms with Crippen molar-refractivity contribution in [2.24, 2.45) is 0 Å². The van der Waals surface area contributed by atoms with Crippen LogP contribution in [-0.2, 0) is 10.3 Å². The van der Waals surface area contributed by atoms with E-state index >= 15 is 0 Å². The fraction of sp³-hybridized carbons (Fsp3) is 0.222. The van der Waals surface area contributed by atoms with E-state index in [0.29, 0.717) is 6.42 Å². The summed E-state index contributed by atoms with van der Waals surface area (Å²) >= 11 is 0. The SMILES string of the molecule is C=CC[C@@](O)(c1ccccc1)[C@H](OC)c1ccccc1. The predicted octanol–water partition coefficient (Wildman–Crippen LogP) is 3.84. The number of aliphatic hydroxyl groups is 1. The summed E-state index contributed by atoms with van der Waals surface area (Å²) in [6, 6.07) is 19.4. The van der Waals surface area contributed by atoms with Crippen molar-refractivity contribution in [3.63, 3.8) is 0 Å². The predicted molar refractivity (Wildman–Crippen MR) is 81.3 cm³/mol. The molecule has 0 fully saturated rings. The van der Waals surface area contributed by atoms with E-state index in [4.69, 9.17) is 4.74 Å². The maximum absolute atomic E-state index is 11.2. The molecule has 0 amide bonds. The summed E-state index contributed by atoms with van der Waals surface area (Å²) in [6.45, 7) is 3.77. The first-order valence-corrected chi connectivity index (χ1v) is 6.69. The Labute approximate surface area is 120 Å². The van der Waals surface area contributed by atoms with Crippen molar-refractivity contribution >= 4 is 0 Å². The first kappa shape index (κ1) is 14.5. The van der Waals surface area contributed by atoms with Crippen molar-refractivity contribution in [1.82, 2.24) is 0 Å². The van der Waals surface area contributed by atoms with E-state index in [2.05, 4.69) is 6.58 Å².